The first-order valence-electron chi connectivity index (χ1n) is 5.19. The molecule has 0 aromatic carbocycles. The Hall–Kier alpha value is -1.35. The third kappa shape index (κ3) is 3.66. The molecule has 3 nitrogen and oxygen atoms in total. The second-order valence-electron chi connectivity index (χ2n) is 3.60. The molecule has 0 saturated heterocycles. The van der Waals surface area contributed by atoms with E-state index in [1.54, 1.807) is 19.1 Å². The number of anilines is 1. The third-order valence-electron chi connectivity index (χ3n) is 1.97. The summed E-state index contributed by atoms with van der Waals surface area (Å²) in [6.45, 7) is 7.77. The van der Waals surface area contributed by atoms with Crippen molar-refractivity contribution in [2.75, 3.05) is 5.73 Å². The minimum atomic E-state index is 0.468. The van der Waals surface area contributed by atoms with Crippen molar-refractivity contribution in [2.24, 2.45) is 0 Å². The molecule has 86 valence electrons. The van der Waals surface area contributed by atoms with E-state index in [1.165, 1.54) is 0 Å². The summed E-state index contributed by atoms with van der Waals surface area (Å²) in [6, 6.07) is 1.71. The Labute approximate surface area is 101 Å². The van der Waals surface area contributed by atoms with E-state index in [4.69, 9.17) is 17.3 Å². The molecule has 1 rings (SSSR count). The van der Waals surface area contributed by atoms with E-state index >= 15 is 0 Å². The number of rotatable bonds is 4. The fourth-order valence-electron chi connectivity index (χ4n) is 1.33. The largest absolute Gasteiger partial charge is 0.384 e. The standard InChI is InChI=1S/C12H16ClN3/c1-4-5-12-15-10(7-11(14)16-12)8(2)6-9(3)13/h6-7H,2,4-5H2,1,3H3,(H2,14,15,16). The zero-order valence-corrected chi connectivity index (χ0v) is 10.4. The number of halogens is 1. The lowest BCUT2D eigenvalue weighted by Gasteiger charge is -2.05. The summed E-state index contributed by atoms with van der Waals surface area (Å²) in [5.41, 5.74) is 7.19. The Morgan fingerprint density at radius 1 is 1.56 bits per heavy atom. The molecule has 0 atom stereocenters. The Morgan fingerprint density at radius 3 is 2.81 bits per heavy atom. The van der Waals surface area contributed by atoms with Gasteiger partial charge in [-0.25, -0.2) is 9.97 Å². The number of allylic oxidation sites excluding steroid dienone is 3. The average Bonchev–Trinajstić information content (AvgIpc) is 2.16. The van der Waals surface area contributed by atoms with Crippen molar-refractivity contribution in [1.82, 2.24) is 9.97 Å². The van der Waals surface area contributed by atoms with Gasteiger partial charge in [0.2, 0.25) is 0 Å². The average molecular weight is 238 g/mol. The summed E-state index contributed by atoms with van der Waals surface area (Å²) >= 11 is 5.79. The van der Waals surface area contributed by atoms with Gasteiger partial charge in [-0.2, -0.15) is 0 Å². The van der Waals surface area contributed by atoms with E-state index in [-0.39, 0.29) is 0 Å². The number of nitrogens with zero attached hydrogens (tertiary/aromatic N) is 2. The smallest absolute Gasteiger partial charge is 0.131 e. The molecule has 0 unspecified atom stereocenters. The molecule has 0 saturated carbocycles. The highest BCUT2D eigenvalue weighted by molar-refractivity contribution is 6.29. The number of nitrogen functional groups attached to an aromatic ring is 1. The van der Waals surface area contributed by atoms with Crippen LogP contribution in [0.4, 0.5) is 5.82 Å². The number of hydrogen-bond donors (Lipinski definition) is 1. The van der Waals surface area contributed by atoms with E-state index in [0.29, 0.717) is 10.9 Å². The van der Waals surface area contributed by atoms with E-state index in [1.807, 2.05) is 0 Å². The second kappa shape index (κ2) is 5.66. The molecule has 0 fully saturated rings. The van der Waals surface area contributed by atoms with Crippen LogP contribution in [0, 0.1) is 0 Å². The van der Waals surface area contributed by atoms with E-state index < -0.39 is 0 Å². The monoisotopic (exact) mass is 237 g/mol. The molecule has 0 bridgehead atoms. The first-order chi connectivity index (χ1) is 7.52. The van der Waals surface area contributed by atoms with Crippen molar-refractivity contribution in [3.63, 3.8) is 0 Å². The molecule has 0 amide bonds. The van der Waals surface area contributed by atoms with Gasteiger partial charge in [0.1, 0.15) is 11.6 Å². The van der Waals surface area contributed by atoms with Crippen molar-refractivity contribution in [2.45, 2.75) is 26.7 Å². The van der Waals surface area contributed by atoms with Crippen molar-refractivity contribution < 1.29 is 0 Å². The van der Waals surface area contributed by atoms with Gasteiger partial charge in [-0.05, 0) is 25.0 Å². The molecule has 1 aromatic rings. The Balaban J connectivity index is 3.04. The number of aromatic nitrogens is 2. The van der Waals surface area contributed by atoms with Gasteiger partial charge in [-0.3, -0.25) is 0 Å². The van der Waals surface area contributed by atoms with E-state index in [2.05, 4.69) is 23.5 Å². The van der Waals surface area contributed by atoms with Gasteiger partial charge in [-0.15, -0.1) is 0 Å². The fourth-order valence-corrected chi connectivity index (χ4v) is 1.46. The molecule has 0 aliphatic rings. The van der Waals surface area contributed by atoms with Gasteiger partial charge >= 0.3 is 0 Å². The minimum absolute atomic E-state index is 0.468. The van der Waals surface area contributed by atoms with E-state index in [9.17, 15) is 0 Å². The van der Waals surface area contributed by atoms with Crippen molar-refractivity contribution >= 4 is 23.0 Å². The van der Waals surface area contributed by atoms with Crippen LogP contribution < -0.4 is 5.73 Å². The topological polar surface area (TPSA) is 51.8 Å². The first-order valence-corrected chi connectivity index (χ1v) is 5.57. The van der Waals surface area contributed by atoms with Crippen LogP contribution in [-0.4, -0.2) is 9.97 Å². The maximum Gasteiger partial charge on any atom is 0.131 e. The highest BCUT2D eigenvalue weighted by Gasteiger charge is 2.04. The molecular formula is C12H16ClN3. The second-order valence-corrected chi connectivity index (χ2v) is 4.20. The summed E-state index contributed by atoms with van der Waals surface area (Å²) < 4.78 is 0. The highest BCUT2D eigenvalue weighted by atomic mass is 35.5. The van der Waals surface area contributed by atoms with E-state index in [0.717, 1.165) is 29.9 Å². The first kappa shape index (κ1) is 12.7. The predicted octanol–water partition coefficient (Wildman–Crippen LogP) is 3.17. The number of aryl methyl sites for hydroxylation is 1. The van der Waals surface area contributed by atoms with Gasteiger partial charge in [0.15, 0.2) is 0 Å². The van der Waals surface area contributed by atoms with Crippen LogP contribution in [0.5, 0.6) is 0 Å². The quantitative estimate of drug-likeness (QED) is 0.819. The Bertz CT molecular complexity index is 420. The SMILES string of the molecule is C=C(C=C(C)Cl)c1cc(N)nc(CCC)n1. The molecule has 0 aliphatic carbocycles. The zero-order chi connectivity index (χ0) is 12.1. The normalized spacial score (nSPS) is 11.6. The number of hydrogen-bond acceptors (Lipinski definition) is 3. The highest BCUT2D eigenvalue weighted by Crippen LogP contribution is 2.17. The van der Waals surface area contributed by atoms with Gasteiger partial charge < -0.3 is 5.73 Å². The van der Waals surface area contributed by atoms with Crippen LogP contribution in [0.15, 0.2) is 23.8 Å². The molecule has 1 heterocycles. The zero-order valence-electron chi connectivity index (χ0n) is 9.63. The summed E-state index contributed by atoms with van der Waals surface area (Å²) in [6.07, 6.45) is 3.56. The van der Waals surface area contributed by atoms with Crippen LogP contribution in [0.1, 0.15) is 31.8 Å². The maximum absolute atomic E-state index is 5.79. The molecule has 16 heavy (non-hydrogen) atoms. The lowest BCUT2D eigenvalue weighted by atomic mass is 10.2. The molecule has 1 aromatic heterocycles. The van der Waals surface area contributed by atoms with Gasteiger partial charge in [0, 0.05) is 17.5 Å². The predicted molar refractivity (Wildman–Crippen MR) is 69.1 cm³/mol. The lowest BCUT2D eigenvalue weighted by molar-refractivity contribution is 0.834. The Kier molecular flexibility index (Phi) is 4.50. The van der Waals surface area contributed by atoms with Crippen LogP contribution in [0.3, 0.4) is 0 Å². The van der Waals surface area contributed by atoms with Crippen LogP contribution >= 0.6 is 11.6 Å². The lowest BCUT2D eigenvalue weighted by Crippen LogP contribution is -2.02. The van der Waals surface area contributed by atoms with Crippen LogP contribution in [0.2, 0.25) is 0 Å². The minimum Gasteiger partial charge on any atom is -0.384 e. The van der Waals surface area contributed by atoms with Crippen molar-refractivity contribution in [3.8, 4) is 0 Å². The summed E-state index contributed by atoms with van der Waals surface area (Å²) in [4.78, 5) is 8.54. The summed E-state index contributed by atoms with van der Waals surface area (Å²) in [5.74, 6) is 1.22. The maximum atomic E-state index is 5.79. The molecule has 4 heteroatoms. The molecular weight excluding hydrogens is 222 g/mol. The summed E-state index contributed by atoms with van der Waals surface area (Å²) in [7, 11) is 0. The molecule has 0 aliphatic heterocycles. The van der Waals surface area contributed by atoms with Gasteiger partial charge in [0.05, 0.1) is 5.69 Å². The fraction of sp³-hybridized carbons (Fsp3) is 0.333. The van der Waals surface area contributed by atoms with Crippen molar-refractivity contribution in [1.29, 1.82) is 0 Å². The van der Waals surface area contributed by atoms with Crippen molar-refractivity contribution in [3.05, 3.63) is 35.3 Å². The van der Waals surface area contributed by atoms with Crippen LogP contribution in [0.25, 0.3) is 5.57 Å². The molecule has 0 radical (unpaired) electrons. The van der Waals surface area contributed by atoms with Gasteiger partial charge in [-0.1, -0.05) is 25.1 Å². The van der Waals surface area contributed by atoms with Crippen LogP contribution in [-0.2, 0) is 6.42 Å². The number of nitrogens with two attached hydrogens (primary N) is 1. The van der Waals surface area contributed by atoms with Gasteiger partial charge in [0.25, 0.3) is 0 Å². The third-order valence-corrected chi connectivity index (χ3v) is 2.08. The Morgan fingerprint density at radius 2 is 2.25 bits per heavy atom. The molecule has 0 spiro atoms. The summed E-state index contributed by atoms with van der Waals surface area (Å²) in [5, 5.41) is 0.666. The molecule has 2 N–H and O–H groups in total.